The van der Waals surface area contributed by atoms with Crippen LogP contribution in [0, 0.1) is 11.8 Å². The Hall–Kier alpha value is -0.730. The van der Waals surface area contributed by atoms with E-state index in [1.165, 1.54) is 64.2 Å². The van der Waals surface area contributed by atoms with Crippen molar-refractivity contribution in [1.29, 1.82) is 0 Å². The second kappa shape index (κ2) is 19.4. The number of hydrogen-bond acceptors (Lipinski definition) is 6. The summed E-state index contributed by atoms with van der Waals surface area (Å²) in [5, 5.41) is 27.2. The summed E-state index contributed by atoms with van der Waals surface area (Å²) in [4.78, 5) is 11.9. The van der Waals surface area contributed by atoms with Crippen LogP contribution in [0.5, 0.6) is 0 Å². The van der Waals surface area contributed by atoms with Crippen LogP contribution < -0.4 is 26.6 Å². The van der Waals surface area contributed by atoms with Gasteiger partial charge in [-0.3, -0.25) is 4.79 Å². The number of nitrogens with one attached hydrogen (secondary N) is 5. The molecule has 0 heterocycles. The zero-order chi connectivity index (χ0) is 25.9. The molecule has 7 heteroatoms. The Morgan fingerprint density at radius 1 is 0.743 bits per heavy atom. The van der Waals surface area contributed by atoms with Gasteiger partial charge >= 0.3 is 5.97 Å². The summed E-state index contributed by atoms with van der Waals surface area (Å²) in [6.07, 6.45) is 14.6. The second-order valence-corrected chi connectivity index (χ2v) is 11.5. The largest absolute Gasteiger partial charge is 0.481 e. The molecule has 0 aromatic heterocycles. The monoisotopic (exact) mass is 497 g/mol. The summed E-state index contributed by atoms with van der Waals surface area (Å²) < 4.78 is 0. The first-order valence-electron chi connectivity index (χ1n) is 14.6. The number of unbranched alkanes of at least 4 members (excludes halogenated alkanes) is 9. The lowest BCUT2D eigenvalue weighted by atomic mass is 9.64. The molecule has 1 rings (SSSR count). The van der Waals surface area contributed by atoms with E-state index in [4.69, 9.17) is 0 Å². The highest BCUT2D eigenvalue weighted by Crippen LogP contribution is 2.35. The Balaban J connectivity index is 2.10. The van der Waals surface area contributed by atoms with Gasteiger partial charge in [0.15, 0.2) is 0 Å². The minimum absolute atomic E-state index is 0.00835. The third-order valence-corrected chi connectivity index (χ3v) is 7.27. The van der Waals surface area contributed by atoms with Crippen LogP contribution in [0.2, 0.25) is 0 Å². The molecule has 0 aromatic carbocycles. The van der Waals surface area contributed by atoms with E-state index in [1.54, 1.807) is 0 Å². The highest BCUT2D eigenvalue weighted by molar-refractivity contribution is 5.73. The lowest BCUT2D eigenvalue weighted by Gasteiger charge is -2.50. The minimum atomic E-state index is -0.687. The smallest absolute Gasteiger partial charge is 0.308 e. The number of aliphatic carboxylic acids is 1. The number of rotatable bonds is 23. The second-order valence-electron chi connectivity index (χ2n) is 11.5. The molecule has 1 aliphatic rings. The minimum Gasteiger partial charge on any atom is -0.481 e. The van der Waals surface area contributed by atoms with Gasteiger partial charge in [-0.05, 0) is 60.3 Å². The van der Waals surface area contributed by atoms with Gasteiger partial charge in [0.2, 0.25) is 0 Å². The molecular weight excluding hydrogens is 438 g/mol. The summed E-state index contributed by atoms with van der Waals surface area (Å²) in [7, 11) is 1.95. The molecule has 208 valence electrons. The molecule has 4 unspecified atom stereocenters. The van der Waals surface area contributed by atoms with Crippen LogP contribution in [0.15, 0.2) is 0 Å². The summed E-state index contributed by atoms with van der Waals surface area (Å²) >= 11 is 0. The lowest BCUT2D eigenvalue weighted by Crippen LogP contribution is -2.71. The van der Waals surface area contributed by atoms with Crippen molar-refractivity contribution in [1.82, 2.24) is 26.6 Å². The van der Waals surface area contributed by atoms with Gasteiger partial charge in [0.25, 0.3) is 0 Å². The molecule has 0 saturated heterocycles. The van der Waals surface area contributed by atoms with Crippen molar-refractivity contribution >= 4 is 5.97 Å². The molecule has 0 amide bonds. The fraction of sp³-hybridized carbons (Fsp3) is 0.964. The van der Waals surface area contributed by atoms with Crippen molar-refractivity contribution < 1.29 is 9.90 Å². The fourth-order valence-corrected chi connectivity index (χ4v) is 5.21. The molecule has 6 N–H and O–H groups in total. The fourth-order valence-electron chi connectivity index (χ4n) is 5.21. The van der Waals surface area contributed by atoms with Crippen molar-refractivity contribution in [3.8, 4) is 0 Å². The summed E-state index contributed by atoms with van der Waals surface area (Å²) in [6, 6.07) is 0.184. The quantitative estimate of drug-likeness (QED) is 0.120. The van der Waals surface area contributed by atoms with Crippen LogP contribution in [0.1, 0.15) is 98.3 Å². The van der Waals surface area contributed by atoms with E-state index in [9.17, 15) is 9.90 Å². The molecule has 0 radical (unpaired) electrons. The summed E-state index contributed by atoms with van der Waals surface area (Å²) in [5.74, 6) is -0.909. The molecular formula is C28H59N5O2. The van der Waals surface area contributed by atoms with Gasteiger partial charge in [-0.15, -0.1) is 0 Å². The Bertz CT molecular complexity index is 526. The van der Waals surface area contributed by atoms with Gasteiger partial charge in [-0.1, -0.05) is 64.7 Å². The maximum Gasteiger partial charge on any atom is 0.308 e. The molecule has 0 aromatic rings. The van der Waals surface area contributed by atoms with E-state index in [1.807, 2.05) is 7.05 Å². The van der Waals surface area contributed by atoms with Gasteiger partial charge in [0, 0.05) is 43.2 Å². The third kappa shape index (κ3) is 14.6. The number of carboxylic acids is 1. The maximum atomic E-state index is 11.9. The molecule has 0 spiro atoms. The SMILES string of the molecule is CCCCCCCCCCCCNCCNC1C(NC)C(CNCCCNC(C)(C)C)C1C(=O)O. The number of likely N-dealkylation sites (N-methyl/N-ethyl adjacent to an activating group) is 1. The van der Waals surface area contributed by atoms with Crippen molar-refractivity contribution in [2.75, 3.05) is 46.3 Å². The van der Waals surface area contributed by atoms with Crippen molar-refractivity contribution in [2.24, 2.45) is 11.8 Å². The first-order chi connectivity index (χ1) is 16.8. The van der Waals surface area contributed by atoms with E-state index in [0.29, 0.717) is 0 Å². The highest BCUT2D eigenvalue weighted by Gasteiger charge is 2.52. The molecule has 1 saturated carbocycles. The van der Waals surface area contributed by atoms with E-state index in [0.717, 1.165) is 45.7 Å². The first-order valence-corrected chi connectivity index (χ1v) is 14.6. The van der Waals surface area contributed by atoms with E-state index < -0.39 is 5.97 Å². The van der Waals surface area contributed by atoms with Gasteiger partial charge in [0.1, 0.15) is 0 Å². The average molecular weight is 498 g/mol. The number of hydrogen-bond donors (Lipinski definition) is 6. The zero-order valence-corrected chi connectivity index (χ0v) is 23.7. The van der Waals surface area contributed by atoms with E-state index >= 15 is 0 Å². The van der Waals surface area contributed by atoms with Crippen LogP contribution in [0.25, 0.3) is 0 Å². The Morgan fingerprint density at radius 2 is 1.34 bits per heavy atom. The van der Waals surface area contributed by atoms with Gasteiger partial charge in [-0.2, -0.15) is 0 Å². The zero-order valence-electron chi connectivity index (χ0n) is 23.7. The van der Waals surface area contributed by atoms with Gasteiger partial charge < -0.3 is 31.7 Å². The molecule has 7 nitrogen and oxygen atoms in total. The van der Waals surface area contributed by atoms with Crippen molar-refractivity contribution in [2.45, 2.75) is 116 Å². The van der Waals surface area contributed by atoms with Crippen LogP contribution in [0.3, 0.4) is 0 Å². The van der Waals surface area contributed by atoms with Crippen molar-refractivity contribution in [3.63, 3.8) is 0 Å². The lowest BCUT2D eigenvalue weighted by molar-refractivity contribution is -0.152. The molecule has 1 fully saturated rings. The predicted molar refractivity (Wildman–Crippen MR) is 149 cm³/mol. The summed E-state index contributed by atoms with van der Waals surface area (Å²) in [6.45, 7) is 14.2. The Kier molecular flexibility index (Phi) is 17.9. The van der Waals surface area contributed by atoms with Crippen LogP contribution >= 0.6 is 0 Å². The van der Waals surface area contributed by atoms with E-state index in [2.05, 4.69) is 54.3 Å². The Morgan fingerprint density at radius 3 is 1.91 bits per heavy atom. The topological polar surface area (TPSA) is 97.5 Å². The number of carboxylic acid groups (broad SMARTS) is 1. The maximum absolute atomic E-state index is 11.9. The normalized spacial score (nSPS) is 22.3. The van der Waals surface area contributed by atoms with Crippen LogP contribution in [-0.2, 0) is 4.79 Å². The molecule has 0 aliphatic heterocycles. The predicted octanol–water partition coefficient (Wildman–Crippen LogP) is 3.74. The molecule has 4 atom stereocenters. The summed E-state index contributed by atoms with van der Waals surface area (Å²) in [5.41, 5.74) is 0.139. The first kappa shape index (κ1) is 32.3. The average Bonchev–Trinajstić information content (AvgIpc) is 2.78. The molecule has 0 bridgehead atoms. The van der Waals surface area contributed by atoms with Gasteiger partial charge in [-0.25, -0.2) is 0 Å². The van der Waals surface area contributed by atoms with Gasteiger partial charge in [0.05, 0.1) is 5.92 Å². The Labute approximate surface area is 216 Å². The third-order valence-electron chi connectivity index (χ3n) is 7.27. The van der Waals surface area contributed by atoms with E-state index in [-0.39, 0.29) is 29.5 Å². The number of carbonyl (C=O) groups is 1. The van der Waals surface area contributed by atoms with Crippen molar-refractivity contribution in [3.05, 3.63) is 0 Å². The van der Waals surface area contributed by atoms with Crippen LogP contribution in [-0.4, -0.2) is 75.0 Å². The molecule has 35 heavy (non-hydrogen) atoms. The highest BCUT2D eigenvalue weighted by atomic mass is 16.4. The molecule has 1 aliphatic carbocycles. The van der Waals surface area contributed by atoms with Crippen LogP contribution in [0.4, 0.5) is 0 Å². The standard InChI is InChI=1S/C28H59N5O2/c1-6-7-8-9-10-11-12-13-14-15-17-30-20-21-32-26-24(27(34)35)23(25(26)29-5)22-31-18-16-19-33-28(2,3)4/h23-26,29-33H,6-22H2,1-5H3,(H,34,35).